The van der Waals surface area contributed by atoms with Crippen LogP contribution in [-0.4, -0.2) is 49.0 Å². The minimum atomic E-state index is 0.105. The number of hydrogen-bond donors (Lipinski definition) is 2. The lowest BCUT2D eigenvalue weighted by Gasteiger charge is -2.26. The summed E-state index contributed by atoms with van der Waals surface area (Å²) in [5.41, 5.74) is 0. The number of aliphatic hydroxyl groups excluding tert-OH is 1. The van der Waals surface area contributed by atoms with Crippen LogP contribution in [0.25, 0.3) is 0 Å². The summed E-state index contributed by atoms with van der Waals surface area (Å²) in [6, 6.07) is 0.666. The van der Waals surface area contributed by atoms with E-state index >= 15 is 0 Å². The fraction of sp³-hybridized carbons (Fsp3) is 1.00. The number of nitrogens with one attached hydrogen (secondary N) is 1. The fourth-order valence-electron chi connectivity index (χ4n) is 1.56. The van der Waals surface area contributed by atoms with Gasteiger partial charge in [-0.2, -0.15) is 11.8 Å². The van der Waals surface area contributed by atoms with E-state index in [2.05, 4.69) is 5.32 Å². The fourth-order valence-corrected chi connectivity index (χ4v) is 2.65. The van der Waals surface area contributed by atoms with Gasteiger partial charge in [0.1, 0.15) is 0 Å². The molecule has 2 N–H and O–H groups in total. The predicted octanol–water partition coefficient (Wildman–Crippen LogP) is 0.479. The number of aliphatic hydroxyl groups is 1. The topological polar surface area (TPSA) is 41.5 Å². The number of methoxy groups -OCH3 is 1. The second-order valence-electron chi connectivity index (χ2n) is 3.42. The van der Waals surface area contributed by atoms with Gasteiger partial charge in [0.2, 0.25) is 0 Å². The Kier molecular flexibility index (Phi) is 5.78. The minimum Gasteiger partial charge on any atom is -0.395 e. The highest BCUT2D eigenvalue weighted by atomic mass is 32.2. The first-order chi connectivity index (χ1) is 6.36. The average Bonchev–Trinajstić information content (AvgIpc) is 2.19. The van der Waals surface area contributed by atoms with Crippen LogP contribution in [0.2, 0.25) is 0 Å². The Bertz CT molecular complexity index is 126. The third-order valence-corrected chi connectivity index (χ3v) is 3.44. The van der Waals surface area contributed by atoms with Crippen molar-refractivity contribution >= 4 is 11.8 Å². The van der Waals surface area contributed by atoms with Crippen molar-refractivity contribution in [2.75, 3.05) is 31.8 Å². The monoisotopic (exact) mass is 205 g/mol. The zero-order valence-electron chi connectivity index (χ0n) is 8.16. The van der Waals surface area contributed by atoms with Gasteiger partial charge in [-0.15, -0.1) is 0 Å². The van der Waals surface area contributed by atoms with Crippen molar-refractivity contribution in [3.63, 3.8) is 0 Å². The van der Waals surface area contributed by atoms with E-state index < -0.39 is 0 Å². The van der Waals surface area contributed by atoms with Gasteiger partial charge in [0, 0.05) is 18.9 Å². The maximum atomic E-state index is 9.04. The van der Waals surface area contributed by atoms with Crippen LogP contribution in [-0.2, 0) is 4.74 Å². The Hall–Kier alpha value is 0.230. The number of ether oxygens (including phenoxy) is 1. The van der Waals surface area contributed by atoms with Crippen LogP contribution in [0.1, 0.15) is 12.8 Å². The number of thioether (sulfide) groups is 1. The molecule has 13 heavy (non-hydrogen) atoms. The van der Waals surface area contributed by atoms with Crippen LogP contribution < -0.4 is 5.32 Å². The molecule has 78 valence electrons. The van der Waals surface area contributed by atoms with Gasteiger partial charge in [-0.05, 0) is 18.6 Å². The van der Waals surface area contributed by atoms with Crippen molar-refractivity contribution in [2.24, 2.45) is 0 Å². The summed E-state index contributed by atoms with van der Waals surface area (Å²) >= 11 is 1.99. The predicted molar refractivity (Wildman–Crippen MR) is 56.2 cm³/mol. The van der Waals surface area contributed by atoms with E-state index in [0.29, 0.717) is 12.6 Å². The molecule has 0 spiro atoms. The van der Waals surface area contributed by atoms with Crippen molar-refractivity contribution in [1.82, 2.24) is 5.32 Å². The molecule has 0 radical (unpaired) electrons. The second kappa shape index (κ2) is 6.65. The summed E-state index contributed by atoms with van der Waals surface area (Å²) < 4.78 is 5.01. The molecule has 0 amide bonds. The highest BCUT2D eigenvalue weighted by molar-refractivity contribution is 7.99. The minimum absolute atomic E-state index is 0.105. The summed E-state index contributed by atoms with van der Waals surface area (Å²) in [5, 5.41) is 12.4. The van der Waals surface area contributed by atoms with Gasteiger partial charge in [-0.3, -0.25) is 0 Å². The molecule has 2 unspecified atom stereocenters. The van der Waals surface area contributed by atoms with Crippen LogP contribution in [0.5, 0.6) is 0 Å². The van der Waals surface area contributed by atoms with E-state index in [-0.39, 0.29) is 12.6 Å². The molecule has 1 saturated heterocycles. The maximum Gasteiger partial charge on any atom is 0.0638 e. The molecule has 0 aromatic rings. The van der Waals surface area contributed by atoms with Crippen LogP contribution >= 0.6 is 11.8 Å². The Morgan fingerprint density at radius 3 is 3.08 bits per heavy atom. The Balaban J connectivity index is 2.18. The zero-order valence-corrected chi connectivity index (χ0v) is 8.98. The smallest absolute Gasteiger partial charge is 0.0638 e. The summed E-state index contributed by atoms with van der Waals surface area (Å²) in [7, 11) is 1.67. The van der Waals surface area contributed by atoms with Crippen LogP contribution in [0, 0.1) is 0 Å². The van der Waals surface area contributed by atoms with Crippen molar-refractivity contribution in [2.45, 2.75) is 24.9 Å². The van der Waals surface area contributed by atoms with Crippen molar-refractivity contribution in [1.29, 1.82) is 0 Å². The van der Waals surface area contributed by atoms with Gasteiger partial charge < -0.3 is 15.2 Å². The van der Waals surface area contributed by atoms with E-state index in [1.54, 1.807) is 7.11 Å². The molecule has 3 nitrogen and oxygen atoms in total. The molecule has 4 heteroatoms. The van der Waals surface area contributed by atoms with Gasteiger partial charge in [0.25, 0.3) is 0 Å². The molecule has 1 rings (SSSR count). The zero-order chi connectivity index (χ0) is 9.52. The average molecular weight is 205 g/mol. The number of hydrogen-bond acceptors (Lipinski definition) is 4. The van der Waals surface area contributed by atoms with Crippen molar-refractivity contribution < 1.29 is 9.84 Å². The van der Waals surface area contributed by atoms with Gasteiger partial charge in [0.15, 0.2) is 0 Å². The molecule has 2 atom stereocenters. The lowest BCUT2D eigenvalue weighted by molar-refractivity contribution is 0.122. The third-order valence-electron chi connectivity index (χ3n) is 2.22. The maximum absolute atomic E-state index is 9.04. The van der Waals surface area contributed by atoms with Gasteiger partial charge in [0.05, 0.1) is 19.3 Å². The van der Waals surface area contributed by atoms with E-state index in [4.69, 9.17) is 9.84 Å². The van der Waals surface area contributed by atoms with Crippen LogP contribution in [0.15, 0.2) is 0 Å². The Morgan fingerprint density at radius 1 is 1.69 bits per heavy atom. The summed E-state index contributed by atoms with van der Waals surface area (Å²) in [5.74, 6) is 2.45. The highest BCUT2D eigenvalue weighted by Crippen LogP contribution is 2.17. The summed E-state index contributed by atoms with van der Waals surface area (Å²) in [4.78, 5) is 0. The quantitative estimate of drug-likeness (QED) is 0.685. The largest absolute Gasteiger partial charge is 0.395 e. The van der Waals surface area contributed by atoms with Crippen LogP contribution in [0.4, 0.5) is 0 Å². The Labute approximate surface area is 84.2 Å². The van der Waals surface area contributed by atoms with Crippen molar-refractivity contribution in [3.05, 3.63) is 0 Å². The Morgan fingerprint density at radius 2 is 2.54 bits per heavy atom. The van der Waals surface area contributed by atoms with Gasteiger partial charge in [-0.25, -0.2) is 0 Å². The molecule has 1 aliphatic heterocycles. The lowest BCUT2D eigenvalue weighted by atomic mass is 10.1. The van der Waals surface area contributed by atoms with E-state index in [9.17, 15) is 0 Å². The summed E-state index contributed by atoms with van der Waals surface area (Å²) in [6.45, 7) is 0.757. The molecule has 0 aromatic heterocycles. The molecule has 0 bridgehead atoms. The van der Waals surface area contributed by atoms with E-state index in [1.165, 1.54) is 24.3 Å². The SMILES string of the molecule is COCC(CO)NC1CCCSC1. The first-order valence-corrected chi connectivity index (χ1v) is 5.96. The normalized spacial score (nSPS) is 25.8. The lowest BCUT2D eigenvalue weighted by Crippen LogP contribution is -2.45. The molecule has 1 aliphatic rings. The molecule has 1 heterocycles. The second-order valence-corrected chi connectivity index (χ2v) is 4.57. The number of rotatable bonds is 5. The van der Waals surface area contributed by atoms with Gasteiger partial charge >= 0.3 is 0 Å². The van der Waals surface area contributed by atoms with Crippen LogP contribution in [0.3, 0.4) is 0 Å². The standard InChI is InChI=1S/C9H19NO2S/c1-12-6-9(5-11)10-8-3-2-4-13-7-8/h8-11H,2-7H2,1H3. The first kappa shape index (κ1) is 11.3. The van der Waals surface area contributed by atoms with Crippen molar-refractivity contribution in [3.8, 4) is 0 Å². The molecular weight excluding hydrogens is 186 g/mol. The highest BCUT2D eigenvalue weighted by Gasteiger charge is 2.17. The molecule has 0 aliphatic carbocycles. The van der Waals surface area contributed by atoms with E-state index in [0.717, 1.165) is 0 Å². The third kappa shape index (κ3) is 4.31. The van der Waals surface area contributed by atoms with Gasteiger partial charge in [-0.1, -0.05) is 0 Å². The van der Waals surface area contributed by atoms with E-state index in [1.807, 2.05) is 11.8 Å². The summed E-state index contributed by atoms with van der Waals surface area (Å²) in [6.07, 6.45) is 2.51. The first-order valence-electron chi connectivity index (χ1n) is 4.80. The molecule has 0 aromatic carbocycles. The molecule has 1 fully saturated rings. The molecule has 0 saturated carbocycles. The molecular formula is C9H19NO2S.